The fourth-order valence-corrected chi connectivity index (χ4v) is 2.53. The second-order valence-corrected chi connectivity index (χ2v) is 7.15. The predicted molar refractivity (Wildman–Crippen MR) is 73.2 cm³/mol. The maximum Gasteiger partial charge on any atom is 0.0758 e. The molecule has 0 aromatic rings. The van der Waals surface area contributed by atoms with Gasteiger partial charge in [-0.15, -0.1) is 0 Å². The van der Waals surface area contributed by atoms with Crippen molar-refractivity contribution in [3.63, 3.8) is 0 Å². The molecule has 3 heteroatoms. The van der Waals surface area contributed by atoms with Crippen molar-refractivity contribution >= 4 is 0 Å². The molecule has 1 fully saturated rings. The molecule has 1 heterocycles. The molecule has 1 unspecified atom stereocenters. The molecule has 3 nitrogen and oxygen atoms in total. The van der Waals surface area contributed by atoms with Crippen LogP contribution in [0, 0.1) is 11.3 Å². The summed E-state index contributed by atoms with van der Waals surface area (Å²) < 4.78 is 0. The van der Waals surface area contributed by atoms with E-state index < -0.39 is 5.60 Å². The average molecular weight is 242 g/mol. The van der Waals surface area contributed by atoms with E-state index in [9.17, 15) is 5.11 Å². The van der Waals surface area contributed by atoms with E-state index in [4.69, 9.17) is 0 Å². The number of likely N-dealkylation sites (tertiary alicyclic amines) is 1. The molecule has 0 saturated carbocycles. The van der Waals surface area contributed by atoms with Crippen molar-refractivity contribution < 1.29 is 5.11 Å². The van der Waals surface area contributed by atoms with Crippen LogP contribution in [0.5, 0.6) is 0 Å². The first-order valence-electron chi connectivity index (χ1n) is 6.86. The highest BCUT2D eigenvalue weighted by molar-refractivity contribution is 4.88. The van der Waals surface area contributed by atoms with Crippen LogP contribution in [0.15, 0.2) is 0 Å². The summed E-state index contributed by atoms with van der Waals surface area (Å²) >= 11 is 0. The van der Waals surface area contributed by atoms with Crippen molar-refractivity contribution in [1.82, 2.24) is 10.2 Å². The molecule has 1 saturated heterocycles. The number of β-amino-alcohol motifs (C(OH)–C–C–N with tert-alkyl or cyclic N) is 1. The van der Waals surface area contributed by atoms with Gasteiger partial charge < -0.3 is 10.4 Å². The molecule has 0 radical (unpaired) electrons. The van der Waals surface area contributed by atoms with Gasteiger partial charge >= 0.3 is 0 Å². The van der Waals surface area contributed by atoms with E-state index in [1.165, 1.54) is 0 Å². The Hall–Kier alpha value is -0.120. The van der Waals surface area contributed by atoms with Gasteiger partial charge in [0.15, 0.2) is 0 Å². The fourth-order valence-electron chi connectivity index (χ4n) is 2.53. The van der Waals surface area contributed by atoms with Gasteiger partial charge in [0, 0.05) is 26.2 Å². The SMILES string of the molecule is CC(C)CNCC(C)(C)CN1CCC(C)(O)C1. The topological polar surface area (TPSA) is 35.5 Å². The molecule has 102 valence electrons. The molecule has 1 atom stereocenters. The Balaban J connectivity index is 2.29. The van der Waals surface area contributed by atoms with Crippen LogP contribution < -0.4 is 5.32 Å². The number of rotatable bonds is 6. The molecule has 1 rings (SSSR count). The Morgan fingerprint density at radius 3 is 2.53 bits per heavy atom. The van der Waals surface area contributed by atoms with Gasteiger partial charge in [-0.1, -0.05) is 27.7 Å². The first-order valence-corrected chi connectivity index (χ1v) is 6.86. The summed E-state index contributed by atoms with van der Waals surface area (Å²) in [5.74, 6) is 0.707. The third kappa shape index (κ3) is 5.84. The zero-order valence-corrected chi connectivity index (χ0v) is 12.2. The lowest BCUT2D eigenvalue weighted by molar-refractivity contribution is 0.0631. The van der Waals surface area contributed by atoms with E-state index in [0.29, 0.717) is 5.92 Å². The Morgan fingerprint density at radius 1 is 1.41 bits per heavy atom. The van der Waals surface area contributed by atoms with Gasteiger partial charge in [-0.3, -0.25) is 4.90 Å². The Bertz CT molecular complexity index is 236. The Kier molecular flexibility index (Phi) is 4.99. The minimum atomic E-state index is -0.471. The second kappa shape index (κ2) is 5.68. The van der Waals surface area contributed by atoms with Crippen molar-refractivity contribution in [1.29, 1.82) is 0 Å². The normalized spacial score (nSPS) is 27.0. The van der Waals surface area contributed by atoms with Crippen LogP contribution in [0.2, 0.25) is 0 Å². The first-order chi connectivity index (χ1) is 7.70. The highest BCUT2D eigenvalue weighted by Gasteiger charge is 2.33. The highest BCUT2D eigenvalue weighted by atomic mass is 16.3. The zero-order chi connectivity index (χ0) is 13.1. The molecule has 0 bridgehead atoms. The summed E-state index contributed by atoms with van der Waals surface area (Å²) in [5, 5.41) is 13.5. The predicted octanol–water partition coefficient (Wildman–Crippen LogP) is 1.71. The molecule has 17 heavy (non-hydrogen) atoms. The molecule has 1 aliphatic rings. The quantitative estimate of drug-likeness (QED) is 0.744. The van der Waals surface area contributed by atoms with Crippen molar-refractivity contribution in [3.8, 4) is 0 Å². The number of hydrogen-bond acceptors (Lipinski definition) is 3. The maximum absolute atomic E-state index is 9.95. The van der Waals surface area contributed by atoms with E-state index >= 15 is 0 Å². The van der Waals surface area contributed by atoms with Gasteiger partial charge in [0.1, 0.15) is 0 Å². The van der Waals surface area contributed by atoms with Gasteiger partial charge in [0.2, 0.25) is 0 Å². The first kappa shape index (κ1) is 14.9. The van der Waals surface area contributed by atoms with Gasteiger partial charge in [-0.2, -0.15) is 0 Å². The monoisotopic (exact) mass is 242 g/mol. The van der Waals surface area contributed by atoms with E-state index in [1.807, 2.05) is 6.92 Å². The van der Waals surface area contributed by atoms with Crippen LogP contribution in [-0.4, -0.2) is 48.3 Å². The largest absolute Gasteiger partial charge is 0.389 e. The summed E-state index contributed by atoms with van der Waals surface area (Å²) in [4.78, 5) is 2.39. The minimum absolute atomic E-state index is 0.273. The molecule has 0 spiro atoms. The number of hydrogen-bond donors (Lipinski definition) is 2. The smallest absolute Gasteiger partial charge is 0.0758 e. The van der Waals surface area contributed by atoms with Crippen molar-refractivity contribution in [3.05, 3.63) is 0 Å². The standard InChI is InChI=1S/C14H30N2O/c1-12(2)8-15-9-13(3,4)10-16-7-6-14(5,17)11-16/h12,15,17H,6-11H2,1-5H3. The average Bonchev–Trinajstić information content (AvgIpc) is 2.43. The fraction of sp³-hybridized carbons (Fsp3) is 1.00. The molecule has 0 amide bonds. The van der Waals surface area contributed by atoms with Crippen molar-refractivity contribution in [2.45, 2.75) is 46.6 Å². The van der Waals surface area contributed by atoms with E-state index in [1.54, 1.807) is 0 Å². The van der Waals surface area contributed by atoms with E-state index in [2.05, 4.69) is 37.9 Å². The summed E-state index contributed by atoms with van der Waals surface area (Å²) in [6, 6.07) is 0. The zero-order valence-electron chi connectivity index (χ0n) is 12.2. The van der Waals surface area contributed by atoms with Crippen LogP contribution in [0.3, 0.4) is 0 Å². The van der Waals surface area contributed by atoms with Crippen molar-refractivity contribution in [2.24, 2.45) is 11.3 Å². The molecular weight excluding hydrogens is 212 g/mol. The molecular formula is C14H30N2O. The van der Waals surface area contributed by atoms with Gasteiger partial charge in [-0.05, 0) is 31.2 Å². The summed E-state index contributed by atoms with van der Waals surface area (Å²) in [7, 11) is 0. The molecule has 0 aromatic carbocycles. The third-order valence-corrected chi connectivity index (χ3v) is 3.34. The van der Waals surface area contributed by atoms with E-state index in [-0.39, 0.29) is 5.41 Å². The third-order valence-electron chi connectivity index (χ3n) is 3.34. The molecule has 1 aliphatic heterocycles. The lowest BCUT2D eigenvalue weighted by atomic mass is 9.92. The lowest BCUT2D eigenvalue weighted by Crippen LogP contribution is -2.41. The van der Waals surface area contributed by atoms with Crippen LogP contribution in [-0.2, 0) is 0 Å². The van der Waals surface area contributed by atoms with Crippen LogP contribution in [0.1, 0.15) is 41.0 Å². The molecule has 0 aromatic heterocycles. The summed E-state index contributed by atoms with van der Waals surface area (Å²) in [6.45, 7) is 16.0. The van der Waals surface area contributed by atoms with Gasteiger partial charge in [0.25, 0.3) is 0 Å². The van der Waals surface area contributed by atoms with Gasteiger partial charge in [0.05, 0.1) is 5.60 Å². The Labute approximate surface area is 107 Å². The van der Waals surface area contributed by atoms with Crippen LogP contribution in [0.4, 0.5) is 0 Å². The number of nitrogens with zero attached hydrogens (tertiary/aromatic N) is 1. The number of nitrogens with one attached hydrogen (secondary N) is 1. The minimum Gasteiger partial charge on any atom is -0.389 e. The second-order valence-electron chi connectivity index (χ2n) is 7.15. The highest BCUT2D eigenvalue weighted by Crippen LogP contribution is 2.24. The van der Waals surface area contributed by atoms with Crippen molar-refractivity contribution in [2.75, 3.05) is 32.7 Å². The maximum atomic E-state index is 9.95. The molecule has 0 aliphatic carbocycles. The summed E-state index contributed by atoms with van der Waals surface area (Å²) in [6.07, 6.45) is 0.905. The molecule has 2 N–H and O–H groups in total. The van der Waals surface area contributed by atoms with Crippen LogP contribution >= 0.6 is 0 Å². The number of aliphatic hydroxyl groups is 1. The van der Waals surface area contributed by atoms with Crippen LogP contribution in [0.25, 0.3) is 0 Å². The lowest BCUT2D eigenvalue weighted by Gasteiger charge is -2.31. The van der Waals surface area contributed by atoms with Gasteiger partial charge in [-0.25, -0.2) is 0 Å². The van der Waals surface area contributed by atoms with E-state index in [0.717, 1.165) is 39.1 Å². The Morgan fingerprint density at radius 2 is 2.06 bits per heavy atom. The summed E-state index contributed by atoms with van der Waals surface area (Å²) in [5.41, 5.74) is -0.198.